The van der Waals surface area contributed by atoms with Gasteiger partial charge >= 0.3 is 0 Å². The average molecular weight is 350 g/mol. The smallest absolute Gasteiger partial charge is 0.103 e. The summed E-state index contributed by atoms with van der Waals surface area (Å²) in [4.78, 5) is 2.08. The molecule has 2 nitrogen and oxygen atoms in total. The summed E-state index contributed by atoms with van der Waals surface area (Å²) < 4.78 is 0.808. The molecule has 1 atom stereocenters. The number of rotatable bonds is 3. The van der Waals surface area contributed by atoms with Crippen LogP contribution in [0.25, 0.3) is 0 Å². The first kappa shape index (κ1) is 14.9. The molecule has 2 rings (SSSR count). The second kappa shape index (κ2) is 6.30. The van der Waals surface area contributed by atoms with Gasteiger partial charge in [0.15, 0.2) is 0 Å². The molecule has 0 aromatic heterocycles. The summed E-state index contributed by atoms with van der Waals surface area (Å²) in [5.41, 5.74) is 2.65. The number of hydrogen-bond donors (Lipinski definition) is 0. The van der Waals surface area contributed by atoms with Gasteiger partial charge in [0.25, 0.3) is 0 Å². The third-order valence-electron chi connectivity index (χ3n) is 3.40. The Morgan fingerprint density at radius 3 is 2.60 bits per heavy atom. The van der Waals surface area contributed by atoms with Gasteiger partial charge in [-0.2, -0.15) is 5.26 Å². The van der Waals surface area contributed by atoms with Gasteiger partial charge in [0.2, 0.25) is 0 Å². The van der Waals surface area contributed by atoms with Gasteiger partial charge in [0.05, 0.1) is 17.3 Å². The molecule has 0 heterocycles. The minimum Gasteiger partial charge on any atom is -0.367 e. The van der Waals surface area contributed by atoms with Crippen molar-refractivity contribution in [2.24, 2.45) is 0 Å². The topological polar surface area (TPSA) is 27.0 Å². The van der Waals surface area contributed by atoms with Crippen molar-refractivity contribution in [1.29, 1.82) is 5.26 Å². The maximum Gasteiger partial charge on any atom is 0.103 e. The molecule has 0 spiro atoms. The molecule has 0 aliphatic rings. The minimum absolute atomic E-state index is 0.120. The number of nitriles is 1. The van der Waals surface area contributed by atoms with E-state index in [2.05, 4.69) is 33.8 Å². The fraction of sp³-hybridized carbons (Fsp3) is 0.188. The lowest BCUT2D eigenvalue weighted by Gasteiger charge is -2.28. The molecular weight excluding hydrogens is 336 g/mol. The van der Waals surface area contributed by atoms with Gasteiger partial charge in [-0.25, -0.2) is 0 Å². The SMILES string of the molecule is CC(c1cccc(Cl)c1)N(C)c1cccc(Br)c1C#N. The van der Waals surface area contributed by atoms with E-state index < -0.39 is 0 Å². The molecular formula is C16H14BrClN2. The Balaban J connectivity index is 2.39. The Hall–Kier alpha value is -1.50. The first-order chi connectivity index (χ1) is 9.54. The molecule has 102 valence electrons. The van der Waals surface area contributed by atoms with Crippen LogP contribution in [0, 0.1) is 11.3 Å². The van der Waals surface area contributed by atoms with Gasteiger partial charge < -0.3 is 4.90 Å². The number of hydrogen-bond acceptors (Lipinski definition) is 2. The highest BCUT2D eigenvalue weighted by atomic mass is 79.9. The summed E-state index contributed by atoms with van der Waals surface area (Å²) in [6.07, 6.45) is 0. The molecule has 0 N–H and O–H groups in total. The van der Waals surface area contributed by atoms with Crippen molar-refractivity contribution in [3.63, 3.8) is 0 Å². The molecule has 0 saturated carbocycles. The molecule has 0 amide bonds. The molecule has 20 heavy (non-hydrogen) atoms. The first-order valence-corrected chi connectivity index (χ1v) is 7.38. The highest BCUT2D eigenvalue weighted by Crippen LogP contribution is 2.32. The molecule has 2 aromatic rings. The number of halogens is 2. The van der Waals surface area contributed by atoms with Crippen LogP contribution in [0.2, 0.25) is 5.02 Å². The van der Waals surface area contributed by atoms with Crippen molar-refractivity contribution in [3.8, 4) is 6.07 Å². The van der Waals surface area contributed by atoms with Gasteiger partial charge in [-0.15, -0.1) is 0 Å². The maximum absolute atomic E-state index is 9.32. The highest BCUT2D eigenvalue weighted by molar-refractivity contribution is 9.10. The van der Waals surface area contributed by atoms with Crippen LogP contribution < -0.4 is 4.90 Å². The van der Waals surface area contributed by atoms with Crippen molar-refractivity contribution in [2.75, 3.05) is 11.9 Å². The van der Waals surface area contributed by atoms with Gasteiger partial charge in [-0.05, 0) is 52.7 Å². The van der Waals surface area contributed by atoms with Crippen LogP contribution >= 0.6 is 27.5 Å². The Kier molecular flexibility index (Phi) is 4.69. The lowest BCUT2D eigenvalue weighted by molar-refractivity contribution is 0.739. The third-order valence-corrected chi connectivity index (χ3v) is 4.29. The van der Waals surface area contributed by atoms with Crippen molar-refractivity contribution in [3.05, 3.63) is 63.1 Å². The van der Waals surface area contributed by atoms with Gasteiger partial charge in [0.1, 0.15) is 6.07 Å². The minimum atomic E-state index is 0.120. The first-order valence-electron chi connectivity index (χ1n) is 6.21. The van der Waals surface area contributed by atoms with Crippen LogP contribution in [0.4, 0.5) is 5.69 Å². The maximum atomic E-state index is 9.32. The number of nitrogens with zero attached hydrogens (tertiary/aromatic N) is 2. The Labute approximate surface area is 132 Å². The van der Waals surface area contributed by atoms with Crippen LogP contribution in [-0.4, -0.2) is 7.05 Å². The Morgan fingerprint density at radius 1 is 1.25 bits per heavy atom. The van der Waals surface area contributed by atoms with E-state index >= 15 is 0 Å². The molecule has 0 fully saturated rings. The molecule has 0 saturated heterocycles. The van der Waals surface area contributed by atoms with Crippen molar-refractivity contribution < 1.29 is 0 Å². The lowest BCUT2D eigenvalue weighted by Crippen LogP contribution is -2.22. The van der Waals surface area contributed by atoms with Crippen LogP contribution in [-0.2, 0) is 0 Å². The molecule has 1 unspecified atom stereocenters. The van der Waals surface area contributed by atoms with E-state index in [1.165, 1.54) is 0 Å². The predicted octanol–water partition coefficient (Wildman–Crippen LogP) is 5.17. The van der Waals surface area contributed by atoms with Crippen LogP contribution in [0.1, 0.15) is 24.1 Å². The zero-order valence-electron chi connectivity index (χ0n) is 11.3. The van der Waals surface area contributed by atoms with Crippen molar-refractivity contribution in [1.82, 2.24) is 0 Å². The molecule has 2 aromatic carbocycles. The van der Waals surface area contributed by atoms with Gasteiger partial charge in [-0.1, -0.05) is 29.8 Å². The highest BCUT2D eigenvalue weighted by Gasteiger charge is 2.17. The molecule has 0 aliphatic carbocycles. The zero-order valence-corrected chi connectivity index (χ0v) is 13.6. The predicted molar refractivity (Wildman–Crippen MR) is 87.1 cm³/mol. The van der Waals surface area contributed by atoms with E-state index in [-0.39, 0.29) is 6.04 Å². The summed E-state index contributed by atoms with van der Waals surface area (Å²) >= 11 is 9.47. The largest absolute Gasteiger partial charge is 0.367 e. The van der Waals surface area contributed by atoms with Crippen molar-refractivity contribution in [2.45, 2.75) is 13.0 Å². The molecule has 0 aliphatic heterocycles. The average Bonchev–Trinajstić information content (AvgIpc) is 2.45. The normalized spacial score (nSPS) is 11.8. The standard InChI is InChI=1S/C16H14BrClN2/c1-11(12-5-3-6-13(18)9-12)20(2)16-8-4-7-15(17)14(16)10-19/h3-9,11H,1-2H3. The second-order valence-corrected chi connectivity index (χ2v) is 5.88. The van der Waals surface area contributed by atoms with E-state index in [9.17, 15) is 5.26 Å². The van der Waals surface area contributed by atoms with E-state index in [4.69, 9.17) is 11.6 Å². The zero-order chi connectivity index (χ0) is 14.7. The molecule has 0 bridgehead atoms. The van der Waals surface area contributed by atoms with E-state index in [1.54, 1.807) is 0 Å². The Morgan fingerprint density at radius 2 is 1.95 bits per heavy atom. The fourth-order valence-electron chi connectivity index (χ4n) is 2.12. The van der Waals surface area contributed by atoms with Gasteiger partial charge in [-0.3, -0.25) is 0 Å². The van der Waals surface area contributed by atoms with E-state index in [0.29, 0.717) is 5.56 Å². The number of anilines is 1. The fourth-order valence-corrected chi connectivity index (χ4v) is 2.76. The van der Waals surface area contributed by atoms with Crippen molar-refractivity contribution >= 4 is 33.2 Å². The van der Waals surface area contributed by atoms with Crippen LogP contribution in [0.15, 0.2) is 46.9 Å². The monoisotopic (exact) mass is 348 g/mol. The summed E-state index contributed by atoms with van der Waals surface area (Å²) in [7, 11) is 1.98. The van der Waals surface area contributed by atoms with Gasteiger partial charge in [0, 0.05) is 16.5 Å². The molecule has 0 radical (unpaired) electrons. The summed E-state index contributed by atoms with van der Waals surface area (Å²) in [5, 5.41) is 10.0. The summed E-state index contributed by atoms with van der Waals surface area (Å²) in [5.74, 6) is 0. The number of benzene rings is 2. The third kappa shape index (κ3) is 2.98. The second-order valence-electron chi connectivity index (χ2n) is 4.59. The van der Waals surface area contributed by atoms with E-state index in [1.807, 2.05) is 49.5 Å². The summed E-state index contributed by atoms with van der Waals surface area (Å²) in [6, 6.07) is 15.9. The quantitative estimate of drug-likeness (QED) is 0.764. The Bertz CT molecular complexity index is 664. The molecule has 4 heteroatoms. The summed E-state index contributed by atoms with van der Waals surface area (Å²) in [6.45, 7) is 2.09. The van der Waals surface area contributed by atoms with Crippen LogP contribution in [0.5, 0.6) is 0 Å². The lowest BCUT2D eigenvalue weighted by atomic mass is 10.1. The van der Waals surface area contributed by atoms with Crippen LogP contribution in [0.3, 0.4) is 0 Å². The van der Waals surface area contributed by atoms with E-state index in [0.717, 1.165) is 20.7 Å².